The van der Waals surface area contributed by atoms with E-state index in [1.807, 2.05) is 31.3 Å². The lowest BCUT2D eigenvalue weighted by atomic mass is 10.1. The lowest BCUT2D eigenvalue weighted by molar-refractivity contribution is -0.132. The summed E-state index contributed by atoms with van der Waals surface area (Å²) < 4.78 is 7.20. The first-order chi connectivity index (χ1) is 10.0. The molecule has 1 aliphatic carbocycles. The van der Waals surface area contributed by atoms with Gasteiger partial charge in [0.1, 0.15) is 5.76 Å². The predicted molar refractivity (Wildman–Crippen MR) is 87.9 cm³/mol. The maximum Gasteiger partial charge on any atom is 0.226 e. The standard InChI is InChI=1S/C16H15Br2NO2/c1-19(9-12-6-7-15(18)21-12)16(20)14-8-13(14)10-2-4-11(17)5-3-10/h2-7,13-14H,8-9H2,1H3. The fourth-order valence-corrected chi connectivity index (χ4v) is 3.18. The number of furan rings is 1. The summed E-state index contributed by atoms with van der Waals surface area (Å²) in [6.07, 6.45) is 0.937. The van der Waals surface area contributed by atoms with Crippen LogP contribution < -0.4 is 0 Å². The van der Waals surface area contributed by atoms with E-state index in [2.05, 4.69) is 44.0 Å². The van der Waals surface area contributed by atoms with Crippen molar-refractivity contribution in [3.63, 3.8) is 0 Å². The average Bonchev–Trinajstić information content (AvgIpc) is 3.15. The van der Waals surface area contributed by atoms with Gasteiger partial charge in [-0.3, -0.25) is 4.79 Å². The van der Waals surface area contributed by atoms with Crippen molar-refractivity contribution < 1.29 is 9.21 Å². The van der Waals surface area contributed by atoms with Crippen LogP contribution in [0.15, 0.2) is 50.0 Å². The van der Waals surface area contributed by atoms with Crippen LogP contribution in [0, 0.1) is 5.92 Å². The molecule has 0 aliphatic heterocycles. The topological polar surface area (TPSA) is 33.5 Å². The van der Waals surface area contributed by atoms with Crippen molar-refractivity contribution >= 4 is 37.8 Å². The number of carbonyl (C=O) groups excluding carboxylic acids is 1. The van der Waals surface area contributed by atoms with Gasteiger partial charge in [0.15, 0.2) is 4.67 Å². The molecular weight excluding hydrogens is 398 g/mol. The van der Waals surface area contributed by atoms with Crippen LogP contribution in [0.5, 0.6) is 0 Å². The van der Waals surface area contributed by atoms with Crippen molar-refractivity contribution in [2.24, 2.45) is 5.92 Å². The van der Waals surface area contributed by atoms with E-state index in [0.717, 1.165) is 16.7 Å². The number of halogens is 2. The SMILES string of the molecule is CN(Cc1ccc(Br)o1)C(=O)C1CC1c1ccc(Br)cc1. The van der Waals surface area contributed by atoms with E-state index in [1.54, 1.807) is 4.90 Å². The maximum atomic E-state index is 12.4. The van der Waals surface area contributed by atoms with Crippen molar-refractivity contribution in [1.82, 2.24) is 4.90 Å². The Bertz CT molecular complexity index is 651. The van der Waals surface area contributed by atoms with Gasteiger partial charge in [-0.2, -0.15) is 0 Å². The smallest absolute Gasteiger partial charge is 0.226 e. The summed E-state index contributed by atoms with van der Waals surface area (Å²) >= 11 is 6.70. The molecule has 1 saturated carbocycles. The number of nitrogens with zero attached hydrogens (tertiary/aromatic N) is 1. The summed E-state index contributed by atoms with van der Waals surface area (Å²) in [6, 6.07) is 12.0. The van der Waals surface area contributed by atoms with Crippen molar-refractivity contribution in [2.45, 2.75) is 18.9 Å². The van der Waals surface area contributed by atoms with Crippen LogP contribution in [0.1, 0.15) is 23.7 Å². The molecule has 0 N–H and O–H groups in total. The van der Waals surface area contributed by atoms with Gasteiger partial charge in [0.25, 0.3) is 0 Å². The second kappa shape index (κ2) is 5.97. The molecule has 2 atom stereocenters. The lowest BCUT2D eigenvalue weighted by Gasteiger charge is -2.15. The molecule has 2 aromatic rings. The Balaban J connectivity index is 1.60. The van der Waals surface area contributed by atoms with Crippen LogP contribution in [0.4, 0.5) is 0 Å². The zero-order valence-corrected chi connectivity index (χ0v) is 14.7. The molecule has 0 spiro atoms. The van der Waals surface area contributed by atoms with Gasteiger partial charge in [-0.05, 0) is 58.1 Å². The Kier molecular flexibility index (Phi) is 4.22. The van der Waals surface area contributed by atoms with Crippen LogP contribution in [0.2, 0.25) is 0 Å². The van der Waals surface area contributed by atoms with E-state index in [4.69, 9.17) is 4.42 Å². The molecule has 1 heterocycles. The summed E-state index contributed by atoms with van der Waals surface area (Å²) in [5.74, 6) is 1.44. The molecule has 5 heteroatoms. The van der Waals surface area contributed by atoms with Gasteiger partial charge in [-0.15, -0.1) is 0 Å². The molecule has 2 unspecified atom stereocenters. The van der Waals surface area contributed by atoms with Gasteiger partial charge in [-0.25, -0.2) is 0 Å². The van der Waals surface area contributed by atoms with E-state index in [-0.39, 0.29) is 11.8 Å². The van der Waals surface area contributed by atoms with Crippen LogP contribution in [0.25, 0.3) is 0 Å². The molecule has 0 saturated heterocycles. The molecule has 1 aromatic heterocycles. The highest BCUT2D eigenvalue weighted by Gasteiger charge is 2.45. The molecule has 21 heavy (non-hydrogen) atoms. The van der Waals surface area contributed by atoms with Crippen molar-refractivity contribution in [1.29, 1.82) is 0 Å². The molecule has 0 radical (unpaired) electrons. The Morgan fingerprint density at radius 2 is 1.95 bits per heavy atom. The summed E-state index contributed by atoms with van der Waals surface area (Å²) in [7, 11) is 1.83. The quantitative estimate of drug-likeness (QED) is 0.737. The summed E-state index contributed by atoms with van der Waals surface area (Å²) in [5, 5.41) is 0. The zero-order valence-electron chi connectivity index (χ0n) is 11.6. The fourth-order valence-electron chi connectivity index (χ4n) is 2.58. The van der Waals surface area contributed by atoms with Crippen molar-refractivity contribution in [3.8, 4) is 0 Å². The van der Waals surface area contributed by atoms with Crippen LogP contribution in [-0.2, 0) is 11.3 Å². The molecule has 3 nitrogen and oxygen atoms in total. The van der Waals surface area contributed by atoms with Crippen molar-refractivity contribution in [2.75, 3.05) is 7.05 Å². The van der Waals surface area contributed by atoms with Gasteiger partial charge >= 0.3 is 0 Å². The first-order valence-electron chi connectivity index (χ1n) is 6.79. The average molecular weight is 413 g/mol. The monoisotopic (exact) mass is 411 g/mol. The minimum Gasteiger partial charge on any atom is -0.452 e. The number of rotatable bonds is 4. The second-order valence-corrected chi connectivity index (χ2v) is 7.10. The normalized spacial score (nSPS) is 20.3. The van der Waals surface area contributed by atoms with E-state index >= 15 is 0 Å². The highest BCUT2D eigenvalue weighted by molar-refractivity contribution is 9.10. The molecule has 1 aromatic carbocycles. The van der Waals surface area contributed by atoms with E-state index in [0.29, 0.717) is 17.1 Å². The maximum absolute atomic E-state index is 12.4. The van der Waals surface area contributed by atoms with Crippen molar-refractivity contribution in [3.05, 3.63) is 56.9 Å². The Labute approximate surface area is 140 Å². The first-order valence-corrected chi connectivity index (χ1v) is 8.38. The molecule has 3 rings (SSSR count). The van der Waals surface area contributed by atoms with Gasteiger partial charge in [0.2, 0.25) is 5.91 Å². The number of benzene rings is 1. The summed E-state index contributed by atoms with van der Waals surface area (Å²) in [4.78, 5) is 14.2. The summed E-state index contributed by atoms with van der Waals surface area (Å²) in [6.45, 7) is 0.508. The molecule has 1 aliphatic rings. The number of hydrogen-bond acceptors (Lipinski definition) is 2. The largest absolute Gasteiger partial charge is 0.452 e. The molecular formula is C16H15Br2NO2. The minimum absolute atomic E-state index is 0.106. The summed E-state index contributed by atoms with van der Waals surface area (Å²) in [5.41, 5.74) is 1.24. The van der Waals surface area contributed by atoms with Gasteiger partial charge < -0.3 is 9.32 Å². The number of hydrogen-bond donors (Lipinski definition) is 0. The third kappa shape index (κ3) is 3.40. The third-order valence-corrected chi connectivity index (χ3v) is 4.76. The zero-order chi connectivity index (χ0) is 15.0. The van der Waals surface area contributed by atoms with Crippen LogP contribution in [-0.4, -0.2) is 17.9 Å². The highest BCUT2D eigenvalue weighted by Crippen LogP contribution is 2.48. The molecule has 110 valence electrons. The van der Waals surface area contributed by atoms with Crippen LogP contribution in [0.3, 0.4) is 0 Å². The Morgan fingerprint density at radius 1 is 1.24 bits per heavy atom. The Morgan fingerprint density at radius 3 is 2.57 bits per heavy atom. The fraction of sp³-hybridized carbons (Fsp3) is 0.312. The van der Waals surface area contributed by atoms with Gasteiger partial charge in [-0.1, -0.05) is 28.1 Å². The number of carbonyl (C=O) groups is 1. The first kappa shape index (κ1) is 14.9. The second-order valence-electron chi connectivity index (χ2n) is 5.40. The Hall–Kier alpha value is -1.07. The highest BCUT2D eigenvalue weighted by atomic mass is 79.9. The third-order valence-electron chi connectivity index (χ3n) is 3.80. The predicted octanol–water partition coefficient (Wildman–Crippen LogP) is 4.57. The minimum atomic E-state index is 0.106. The number of amides is 1. The van der Waals surface area contributed by atoms with E-state index in [9.17, 15) is 4.79 Å². The van der Waals surface area contributed by atoms with E-state index < -0.39 is 0 Å². The van der Waals surface area contributed by atoms with Gasteiger partial charge in [0.05, 0.1) is 6.54 Å². The molecule has 1 fully saturated rings. The molecule has 0 bridgehead atoms. The molecule has 1 amide bonds. The lowest BCUT2D eigenvalue weighted by Crippen LogP contribution is -2.27. The van der Waals surface area contributed by atoms with Gasteiger partial charge in [0, 0.05) is 17.4 Å². The van der Waals surface area contributed by atoms with E-state index in [1.165, 1.54) is 5.56 Å². The van der Waals surface area contributed by atoms with Crippen LogP contribution >= 0.6 is 31.9 Å².